The normalized spacial score (nSPS) is 44.7. The van der Waals surface area contributed by atoms with Crippen LogP contribution < -0.4 is 5.73 Å². The van der Waals surface area contributed by atoms with E-state index in [1.54, 1.807) is 17.5 Å². The molecule has 3 bridgehead atoms. The molecule has 1 spiro atoms. The molecule has 2 N–H and O–H groups in total. The molecule has 0 aliphatic heterocycles. The minimum Gasteiger partial charge on any atom is -0.330 e. The van der Waals surface area contributed by atoms with Crippen molar-refractivity contribution in [2.75, 3.05) is 6.54 Å². The average Bonchev–Trinajstić information content (AvgIpc) is 2.82. The molecule has 0 saturated heterocycles. The molecule has 1 heteroatoms. The Balaban J connectivity index is 1.65. The number of rotatable bonds is 2. The Labute approximate surface area is 115 Å². The van der Waals surface area contributed by atoms with Crippen molar-refractivity contribution in [3.63, 3.8) is 0 Å². The number of hydrogen-bond acceptors (Lipinski definition) is 1. The Kier molecular flexibility index (Phi) is 1.97. The Hall–Kier alpha value is -0.820. The largest absolute Gasteiger partial charge is 0.330 e. The van der Waals surface area contributed by atoms with Crippen molar-refractivity contribution in [2.45, 2.75) is 50.4 Å². The summed E-state index contributed by atoms with van der Waals surface area (Å²) in [7, 11) is 0. The highest BCUT2D eigenvalue weighted by atomic mass is 14.7. The SMILES string of the molecule is NCCc1ccc2c(c1)C1CC3CC4CC2CC43C1. The van der Waals surface area contributed by atoms with E-state index in [1.807, 2.05) is 0 Å². The fourth-order valence-corrected chi connectivity index (χ4v) is 6.31. The maximum atomic E-state index is 5.73. The number of fused-ring (bicyclic) bond motifs is 5. The van der Waals surface area contributed by atoms with Gasteiger partial charge in [-0.2, -0.15) is 0 Å². The average molecular weight is 253 g/mol. The van der Waals surface area contributed by atoms with Crippen LogP contribution in [-0.4, -0.2) is 6.54 Å². The third kappa shape index (κ3) is 1.21. The third-order valence-electron chi connectivity index (χ3n) is 7.05. The summed E-state index contributed by atoms with van der Waals surface area (Å²) in [6.45, 7) is 0.779. The molecule has 1 nitrogen and oxygen atoms in total. The van der Waals surface area contributed by atoms with Gasteiger partial charge in [0.15, 0.2) is 0 Å². The summed E-state index contributed by atoms with van der Waals surface area (Å²) >= 11 is 0. The van der Waals surface area contributed by atoms with E-state index in [9.17, 15) is 0 Å². The molecular weight excluding hydrogens is 230 g/mol. The van der Waals surface area contributed by atoms with Gasteiger partial charge < -0.3 is 5.73 Å². The molecule has 5 rings (SSSR count). The molecule has 3 fully saturated rings. The van der Waals surface area contributed by atoms with Crippen molar-refractivity contribution in [3.8, 4) is 0 Å². The standard InChI is InChI=1S/C18H23N/c19-4-3-11-1-2-16-12-6-14-8-15-7-13(17(16)5-11)10-18(14,15)9-12/h1-2,5,12-15H,3-4,6-10,19H2. The van der Waals surface area contributed by atoms with E-state index in [0.717, 1.165) is 42.1 Å². The molecule has 0 radical (unpaired) electrons. The molecule has 0 heterocycles. The molecule has 3 saturated carbocycles. The molecule has 4 aliphatic carbocycles. The summed E-state index contributed by atoms with van der Waals surface area (Å²) in [4.78, 5) is 0. The van der Waals surface area contributed by atoms with Crippen LogP contribution in [0.25, 0.3) is 0 Å². The van der Waals surface area contributed by atoms with E-state index in [1.165, 1.54) is 31.2 Å². The molecule has 0 amide bonds. The first kappa shape index (κ1) is 10.9. The van der Waals surface area contributed by atoms with E-state index in [0.29, 0.717) is 0 Å². The Morgan fingerprint density at radius 2 is 1.74 bits per heavy atom. The fraction of sp³-hybridized carbons (Fsp3) is 0.667. The summed E-state index contributed by atoms with van der Waals surface area (Å²) in [5, 5.41) is 0. The third-order valence-corrected chi connectivity index (χ3v) is 7.05. The smallest absolute Gasteiger partial charge is 0.00367 e. The van der Waals surface area contributed by atoms with Crippen LogP contribution in [0, 0.1) is 17.3 Å². The van der Waals surface area contributed by atoms with Gasteiger partial charge in [0, 0.05) is 0 Å². The van der Waals surface area contributed by atoms with Crippen LogP contribution in [0.5, 0.6) is 0 Å². The number of hydrogen-bond donors (Lipinski definition) is 1. The van der Waals surface area contributed by atoms with E-state index >= 15 is 0 Å². The van der Waals surface area contributed by atoms with Gasteiger partial charge in [-0.15, -0.1) is 0 Å². The van der Waals surface area contributed by atoms with Crippen LogP contribution in [-0.2, 0) is 6.42 Å². The minimum absolute atomic E-state index is 0.779. The van der Waals surface area contributed by atoms with E-state index in [-0.39, 0.29) is 0 Å². The highest BCUT2D eigenvalue weighted by Gasteiger charge is 2.65. The molecule has 1 aromatic carbocycles. The molecule has 5 atom stereocenters. The van der Waals surface area contributed by atoms with Gasteiger partial charge >= 0.3 is 0 Å². The molecule has 5 unspecified atom stereocenters. The Morgan fingerprint density at radius 1 is 1.00 bits per heavy atom. The van der Waals surface area contributed by atoms with Gasteiger partial charge in [0.2, 0.25) is 0 Å². The number of nitrogens with two attached hydrogens (primary N) is 1. The zero-order valence-electron chi connectivity index (χ0n) is 11.6. The zero-order chi connectivity index (χ0) is 12.6. The predicted octanol–water partition coefficient (Wildman–Crippen LogP) is 3.58. The second kappa shape index (κ2) is 3.44. The molecule has 1 aromatic rings. The van der Waals surface area contributed by atoms with Crippen molar-refractivity contribution in [1.82, 2.24) is 0 Å². The van der Waals surface area contributed by atoms with Crippen molar-refractivity contribution in [1.29, 1.82) is 0 Å². The van der Waals surface area contributed by atoms with E-state index in [2.05, 4.69) is 18.2 Å². The fourth-order valence-electron chi connectivity index (χ4n) is 6.31. The molecule has 19 heavy (non-hydrogen) atoms. The van der Waals surface area contributed by atoms with Crippen LogP contribution in [0.1, 0.15) is 60.6 Å². The van der Waals surface area contributed by atoms with Gasteiger partial charge in [-0.25, -0.2) is 0 Å². The molecule has 100 valence electrons. The van der Waals surface area contributed by atoms with Gasteiger partial charge in [-0.1, -0.05) is 18.2 Å². The lowest BCUT2D eigenvalue weighted by atomic mass is 9.56. The van der Waals surface area contributed by atoms with Gasteiger partial charge in [-0.05, 0) is 90.8 Å². The lowest BCUT2D eigenvalue weighted by Gasteiger charge is -2.48. The molecule has 0 aromatic heterocycles. The quantitative estimate of drug-likeness (QED) is 0.856. The highest BCUT2D eigenvalue weighted by molar-refractivity contribution is 5.43. The van der Waals surface area contributed by atoms with Gasteiger partial charge in [0.05, 0.1) is 0 Å². The van der Waals surface area contributed by atoms with Gasteiger partial charge in [0.1, 0.15) is 0 Å². The first-order chi connectivity index (χ1) is 9.30. The summed E-state index contributed by atoms with van der Waals surface area (Å²) in [5.74, 6) is 3.94. The highest BCUT2D eigenvalue weighted by Crippen LogP contribution is 2.75. The van der Waals surface area contributed by atoms with Crippen LogP contribution >= 0.6 is 0 Å². The monoisotopic (exact) mass is 253 g/mol. The first-order valence-corrected chi connectivity index (χ1v) is 8.13. The Bertz CT molecular complexity index is 549. The first-order valence-electron chi connectivity index (χ1n) is 8.13. The van der Waals surface area contributed by atoms with Crippen molar-refractivity contribution < 1.29 is 0 Å². The van der Waals surface area contributed by atoms with Crippen LogP contribution in [0.4, 0.5) is 0 Å². The lowest BCUT2D eigenvalue weighted by molar-refractivity contribution is 0.00322. The Morgan fingerprint density at radius 3 is 2.47 bits per heavy atom. The van der Waals surface area contributed by atoms with E-state index in [4.69, 9.17) is 5.73 Å². The van der Waals surface area contributed by atoms with Crippen LogP contribution in [0.15, 0.2) is 18.2 Å². The minimum atomic E-state index is 0.779. The topological polar surface area (TPSA) is 26.0 Å². The second-order valence-electron chi connectivity index (χ2n) is 7.64. The maximum absolute atomic E-state index is 5.73. The van der Waals surface area contributed by atoms with Crippen molar-refractivity contribution >= 4 is 0 Å². The molecule has 4 aliphatic rings. The van der Waals surface area contributed by atoms with Crippen molar-refractivity contribution in [3.05, 3.63) is 34.9 Å². The summed E-state index contributed by atoms with van der Waals surface area (Å²) in [5.41, 5.74) is 11.4. The lowest BCUT2D eigenvalue weighted by Crippen LogP contribution is -2.41. The summed E-state index contributed by atoms with van der Waals surface area (Å²) < 4.78 is 0. The predicted molar refractivity (Wildman–Crippen MR) is 77.2 cm³/mol. The summed E-state index contributed by atoms with van der Waals surface area (Å²) in [6, 6.07) is 7.33. The van der Waals surface area contributed by atoms with Crippen LogP contribution in [0.2, 0.25) is 0 Å². The molecular formula is C18H23N. The van der Waals surface area contributed by atoms with Gasteiger partial charge in [0.25, 0.3) is 0 Å². The summed E-state index contributed by atoms with van der Waals surface area (Å²) in [6.07, 6.45) is 8.60. The number of benzene rings is 1. The van der Waals surface area contributed by atoms with E-state index < -0.39 is 0 Å². The zero-order valence-corrected chi connectivity index (χ0v) is 11.6. The van der Waals surface area contributed by atoms with Crippen molar-refractivity contribution in [2.24, 2.45) is 23.0 Å². The second-order valence-corrected chi connectivity index (χ2v) is 7.64. The van der Waals surface area contributed by atoms with Gasteiger partial charge in [-0.3, -0.25) is 0 Å². The van der Waals surface area contributed by atoms with Crippen LogP contribution in [0.3, 0.4) is 0 Å². The maximum Gasteiger partial charge on any atom is -0.00367 e.